The van der Waals surface area contributed by atoms with Gasteiger partial charge in [0.05, 0.1) is 5.39 Å². The molecule has 0 aliphatic carbocycles. The van der Waals surface area contributed by atoms with Crippen molar-refractivity contribution in [2.24, 2.45) is 0 Å². The summed E-state index contributed by atoms with van der Waals surface area (Å²) in [7, 11) is 0. The van der Waals surface area contributed by atoms with E-state index in [-0.39, 0.29) is 0 Å². The number of hydrogen-bond donors (Lipinski definition) is 0. The lowest BCUT2D eigenvalue weighted by Gasteiger charge is -1.97. The minimum atomic E-state index is 1.13. The molecule has 3 aromatic carbocycles. The fourth-order valence-electron chi connectivity index (χ4n) is 2.28. The Bertz CT molecular complexity index is 802. The van der Waals surface area contributed by atoms with Crippen LogP contribution in [0.5, 0.6) is 0 Å². The highest BCUT2D eigenvalue weighted by Crippen LogP contribution is 2.20. The normalized spacial score (nSPS) is 10.1. The van der Waals surface area contributed by atoms with Gasteiger partial charge in [-0.05, 0) is 24.3 Å². The number of H-pyrrole nitrogens is 1. The van der Waals surface area contributed by atoms with E-state index in [4.69, 9.17) is 0 Å². The third-order valence-electron chi connectivity index (χ3n) is 3.29. The fraction of sp³-hybridized carbons (Fsp3) is 0. The largest absolute Gasteiger partial charge is 0.211 e. The summed E-state index contributed by atoms with van der Waals surface area (Å²) in [6.07, 6.45) is 2.05. The van der Waals surface area contributed by atoms with Crippen molar-refractivity contribution in [3.8, 4) is 0 Å². The van der Waals surface area contributed by atoms with Crippen LogP contribution in [0.1, 0.15) is 0 Å². The third-order valence-corrected chi connectivity index (χ3v) is 3.82. The number of pyridine rings is 1. The smallest absolute Gasteiger partial charge is 0.210 e. The summed E-state index contributed by atoms with van der Waals surface area (Å²) in [5.74, 6) is 0. The van der Waals surface area contributed by atoms with Crippen molar-refractivity contribution in [1.29, 1.82) is 0 Å². The van der Waals surface area contributed by atoms with Crippen molar-refractivity contribution in [3.63, 3.8) is 0 Å². The van der Waals surface area contributed by atoms with E-state index < -0.39 is 0 Å². The highest BCUT2D eigenvalue weighted by molar-refractivity contribution is 9.10. The van der Waals surface area contributed by atoms with Gasteiger partial charge in [-0.3, -0.25) is 0 Å². The topological polar surface area (TPSA) is 14.1 Å². The molecule has 1 nitrogen and oxygen atoms in total. The van der Waals surface area contributed by atoms with Crippen LogP contribution in [0.25, 0.3) is 21.7 Å². The number of aromatic amines is 1. The zero-order valence-corrected chi connectivity index (χ0v) is 13.0. The zero-order valence-electron chi connectivity index (χ0n) is 11.5. The van der Waals surface area contributed by atoms with Crippen LogP contribution in [0.4, 0.5) is 0 Å². The molecule has 0 aliphatic heterocycles. The minimum absolute atomic E-state index is 1.13. The molecule has 0 bridgehead atoms. The number of hydrogen-bond acceptors (Lipinski definition) is 0. The first-order valence-corrected chi connectivity index (χ1v) is 7.62. The SMILES string of the molecule is Brc1ccccc1.c1ccc2c(c1)c[nH+]c1ccccc12. The lowest BCUT2D eigenvalue weighted by Crippen LogP contribution is -2.01. The average Bonchev–Trinajstić information content (AvgIpc) is 2.56. The molecule has 1 aromatic heterocycles. The Morgan fingerprint density at radius 2 is 1.24 bits per heavy atom. The molecule has 2 heteroatoms. The van der Waals surface area contributed by atoms with E-state index in [0.717, 1.165) is 4.47 Å². The molecule has 0 amide bonds. The lowest BCUT2D eigenvalue weighted by molar-refractivity contribution is -0.342. The highest BCUT2D eigenvalue weighted by atomic mass is 79.9. The number of rotatable bonds is 0. The first-order valence-electron chi connectivity index (χ1n) is 6.83. The van der Waals surface area contributed by atoms with E-state index in [2.05, 4.69) is 69.6 Å². The number of benzene rings is 3. The quantitative estimate of drug-likeness (QED) is 0.389. The van der Waals surface area contributed by atoms with Gasteiger partial charge in [0.2, 0.25) is 5.52 Å². The van der Waals surface area contributed by atoms with E-state index in [1.54, 1.807) is 0 Å². The summed E-state index contributed by atoms with van der Waals surface area (Å²) in [6.45, 7) is 0. The van der Waals surface area contributed by atoms with Crippen molar-refractivity contribution < 1.29 is 4.98 Å². The van der Waals surface area contributed by atoms with Gasteiger partial charge in [0.25, 0.3) is 0 Å². The second-order valence-electron chi connectivity index (χ2n) is 4.72. The Kier molecular flexibility index (Phi) is 4.27. The summed E-state index contributed by atoms with van der Waals surface area (Å²) in [4.78, 5) is 3.29. The zero-order chi connectivity index (χ0) is 14.5. The molecule has 102 valence electrons. The maximum absolute atomic E-state index is 3.31. The van der Waals surface area contributed by atoms with Crippen molar-refractivity contribution >= 4 is 37.6 Å². The molecule has 0 atom stereocenters. The minimum Gasteiger partial charge on any atom is -0.210 e. The molecule has 21 heavy (non-hydrogen) atoms. The molecular weight excluding hydrogens is 322 g/mol. The summed E-state index contributed by atoms with van der Waals surface area (Å²) in [5, 5.41) is 3.85. The van der Waals surface area contributed by atoms with Crippen LogP contribution in [-0.2, 0) is 0 Å². The van der Waals surface area contributed by atoms with Crippen LogP contribution in [0, 0.1) is 0 Å². The number of aromatic nitrogens is 1. The Hall–Kier alpha value is -2.19. The number of fused-ring (bicyclic) bond motifs is 3. The van der Waals surface area contributed by atoms with Crippen LogP contribution in [-0.4, -0.2) is 0 Å². The monoisotopic (exact) mass is 336 g/mol. The van der Waals surface area contributed by atoms with Crippen molar-refractivity contribution in [2.45, 2.75) is 0 Å². The molecule has 0 unspecified atom stereocenters. The van der Waals surface area contributed by atoms with Crippen molar-refractivity contribution in [2.75, 3.05) is 0 Å². The third kappa shape index (κ3) is 3.29. The van der Waals surface area contributed by atoms with Gasteiger partial charge in [0, 0.05) is 21.3 Å². The maximum atomic E-state index is 3.31. The summed E-state index contributed by atoms with van der Waals surface area (Å²) >= 11 is 3.31. The molecule has 1 heterocycles. The van der Waals surface area contributed by atoms with E-state index in [1.807, 2.05) is 36.4 Å². The van der Waals surface area contributed by atoms with E-state index in [9.17, 15) is 0 Å². The first kappa shape index (κ1) is 13.8. The molecule has 0 spiro atoms. The second-order valence-corrected chi connectivity index (χ2v) is 5.63. The predicted molar refractivity (Wildman–Crippen MR) is 92.2 cm³/mol. The van der Waals surface area contributed by atoms with Crippen LogP contribution in [0.15, 0.2) is 89.5 Å². The molecule has 0 fully saturated rings. The van der Waals surface area contributed by atoms with Gasteiger partial charge < -0.3 is 0 Å². The van der Waals surface area contributed by atoms with E-state index in [1.165, 1.54) is 21.7 Å². The Morgan fingerprint density at radius 1 is 0.619 bits per heavy atom. The Balaban J connectivity index is 0.000000160. The molecule has 0 radical (unpaired) electrons. The molecule has 1 N–H and O–H groups in total. The average molecular weight is 337 g/mol. The lowest BCUT2D eigenvalue weighted by atomic mass is 10.1. The van der Waals surface area contributed by atoms with Crippen LogP contribution >= 0.6 is 15.9 Å². The summed E-state index contributed by atoms with van der Waals surface area (Å²) in [5.41, 5.74) is 1.19. The van der Waals surface area contributed by atoms with Gasteiger partial charge in [-0.25, -0.2) is 4.98 Å². The Morgan fingerprint density at radius 3 is 1.95 bits per heavy atom. The first-order chi connectivity index (χ1) is 10.3. The summed E-state index contributed by atoms with van der Waals surface area (Å²) < 4.78 is 1.13. The van der Waals surface area contributed by atoms with Gasteiger partial charge in [-0.2, -0.15) is 0 Å². The second kappa shape index (κ2) is 6.51. The van der Waals surface area contributed by atoms with Crippen molar-refractivity contribution in [1.82, 2.24) is 0 Å². The molecule has 4 aromatic rings. The standard InChI is InChI=1S/C13H9N.C6H5Br/c1-2-6-11-10(5-1)9-14-13-8-4-3-7-12(11)13;7-6-4-2-1-3-5-6/h1-9H;1-5H/p+1. The van der Waals surface area contributed by atoms with Crippen molar-refractivity contribution in [3.05, 3.63) is 89.5 Å². The molecule has 4 rings (SSSR count). The Labute approximate surface area is 132 Å². The van der Waals surface area contributed by atoms with Crippen LogP contribution < -0.4 is 4.98 Å². The van der Waals surface area contributed by atoms with E-state index in [0.29, 0.717) is 0 Å². The van der Waals surface area contributed by atoms with Gasteiger partial charge in [0.1, 0.15) is 0 Å². The van der Waals surface area contributed by atoms with Gasteiger partial charge in [-0.15, -0.1) is 0 Å². The predicted octanol–water partition coefficient (Wildman–Crippen LogP) is 5.26. The van der Waals surface area contributed by atoms with Crippen LogP contribution in [0.2, 0.25) is 0 Å². The number of nitrogens with one attached hydrogen (secondary N) is 1. The van der Waals surface area contributed by atoms with Gasteiger partial charge in [0.15, 0.2) is 6.20 Å². The molecule has 0 aliphatic rings. The molecular formula is C19H15BrN+. The molecule has 0 saturated heterocycles. The molecule has 0 saturated carbocycles. The number of halogens is 1. The fourth-order valence-corrected chi connectivity index (χ4v) is 2.59. The van der Waals surface area contributed by atoms with Gasteiger partial charge >= 0.3 is 0 Å². The highest BCUT2D eigenvalue weighted by Gasteiger charge is 2.03. The van der Waals surface area contributed by atoms with Crippen LogP contribution in [0.3, 0.4) is 0 Å². The van der Waals surface area contributed by atoms with Gasteiger partial charge in [-0.1, -0.05) is 64.5 Å². The maximum Gasteiger partial charge on any atom is 0.211 e. The van der Waals surface area contributed by atoms with E-state index >= 15 is 0 Å². The number of para-hydroxylation sites is 1. The summed E-state index contributed by atoms with van der Waals surface area (Å²) in [6, 6.07) is 26.8.